The summed E-state index contributed by atoms with van der Waals surface area (Å²) in [7, 11) is 0. The highest BCUT2D eigenvalue weighted by atomic mass is 16.5. The average Bonchev–Trinajstić information content (AvgIpc) is 3.77. The fourth-order valence-electron chi connectivity index (χ4n) is 8.07. The van der Waals surface area contributed by atoms with Gasteiger partial charge < -0.3 is 14.2 Å². The molecule has 0 aliphatic heterocycles. The number of carbonyl (C=O) groups is 3. The lowest BCUT2D eigenvalue weighted by Crippen LogP contribution is -2.25. The number of ether oxygens (including phenoxy) is 3. The Morgan fingerprint density at radius 1 is 0.553 bits per heavy atom. The van der Waals surface area contributed by atoms with Gasteiger partial charge in [-0.1, -0.05) is 36.5 Å². The summed E-state index contributed by atoms with van der Waals surface area (Å²) in [5, 5.41) is 0. The summed E-state index contributed by atoms with van der Waals surface area (Å²) in [5.41, 5.74) is 0. The maximum absolute atomic E-state index is 13.1. The van der Waals surface area contributed by atoms with Crippen LogP contribution in [-0.4, -0.2) is 37.7 Å². The second-order valence-electron chi connectivity index (χ2n) is 12.9. The minimum atomic E-state index is -0.500. The fraction of sp³-hybridized carbons (Fsp3) is 0.719. The summed E-state index contributed by atoms with van der Waals surface area (Å²) in [6, 6.07) is 0. The molecule has 6 aliphatic rings. The van der Waals surface area contributed by atoms with Crippen molar-refractivity contribution >= 4 is 17.9 Å². The van der Waals surface area contributed by atoms with Gasteiger partial charge in [-0.25, -0.2) is 0 Å². The van der Waals surface area contributed by atoms with E-state index >= 15 is 0 Å². The molecule has 6 bridgehead atoms. The molecule has 3 fully saturated rings. The van der Waals surface area contributed by atoms with Crippen LogP contribution in [0.3, 0.4) is 0 Å². The van der Waals surface area contributed by atoms with Gasteiger partial charge in [0.15, 0.2) is 0 Å². The van der Waals surface area contributed by atoms with Crippen LogP contribution >= 0.6 is 0 Å². The first-order valence-electron chi connectivity index (χ1n) is 15.0. The minimum absolute atomic E-state index is 0.166. The topological polar surface area (TPSA) is 78.9 Å². The maximum atomic E-state index is 13.1. The zero-order chi connectivity index (χ0) is 26.1. The second kappa shape index (κ2) is 11.4. The summed E-state index contributed by atoms with van der Waals surface area (Å²) in [6.07, 6.45) is 21.5. The average molecular weight is 523 g/mol. The van der Waals surface area contributed by atoms with Crippen molar-refractivity contribution in [3.63, 3.8) is 0 Å². The highest BCUT2D eigenvalue weighted by molar-refractivity contribution is 5.76. The standard InChI is InChI=1S/C32H42O6/c33-30(36-17-27-14-20-1-4-24(27)11-20)9-7-23(32(35)38-19-29-16-22-3-6-26(29)13-22)8-10-31(34)37-18-28-15-21-2-5-25(28)12-21/h1-6,20-29H,7-19H2. The van der Waals surface area contributed by atoms with E-state index in [1.54, 1.807) is 0 Å². The summed E-state index contributed by atoms with van der Waals surface area (Å²) >= 11 is 0. The van der Waals surface area contributed by atoms with E-state index in [1.165, 1.54) is 19.3 Å². The number of hydrogen-bond donors (Lipinski definition) is 0. The van der Waals surface area contributed by atoms with Gasteiger partial charge in [0.2, 0.25) is 0 Å². The van der Waals surface area contributed by atoms with E-state index in [0.717, 1.165) is 19.3 Å². The van der Waals surface area contributed by atoms with E-state index in [-0.39, 0.29) is 30.7 Å². The molecule has 38 heavy (non-hydrogen) atoms. The number of carbonyl (C=O) groups excluding carboxylic acids is 3. The Kier molecular flexibility index (Phi) is 7.76. The quantitative estimate of drug-likeness (QED) is 0.182. The molecule has 0 spiro atoms. The molecule has 0 radical (unpaired) electrons. The first-order chi connectivity index (χ1) is 18.5. The maximum Gasteiger partial charge on any atom is 0.308 e. The van der Waals surface area contributed by atoms with Gasteiger partial charge in [0.1, 0.15) is 0 Å². The molecular weight excluding hydrogens is 480 g/mol. The Bertz CT molecular complexity index is 942. The third-order valence-electron chi connectivity index (χ3n) is 10.3. The lowest BCUT2D eigenvalue weighted by atomic mass is 9.94. The van der Waals surface area contributed by atoms with Gasteiger partial charge >= 0.3 is 17.9 Å². The molecule has 0 aromatic rings. The van der Waals surface area contributed by atoms with Gasteiger partial charge in [-0.15, -0.1) is 0 Å². The van der Waals surface area contributed by atoms with Crippen molar-refractivity contribution < 1.29 is 28.6 Å². The largest absolute Gasteiger partial charge is 0.465 e. The molecule has 6 aliphatic carbocycles. The molecular formula is C32H42O6. The van der Waals surface area contributed by atoms with E-state index < -0.39 is 5.92 Å². The predicted molar refractivity (Wildman–Crippen MR) is 141 cm³/mol. The van der Waals surface area contributed by atoms with Crippen LogP contribution in [-0.2, 0) is 28.6 Å². The molecule has 6 nitrogen and oxygen atoms in total. The molecule has 0 amide bonds. The zero-order valence-electron chi connectivity index (χ0n) is 22.4. The highest BCUT2D eigenvalue weighted by Crippen LogP contribution is 2.45. The SMILES string of the molecule is O=C(CCC(CCC(=O)OCC1CC2C=CC1C2)C(=O)OCC1CC2C=CC1C2)OCC1CC2C=CC1C2. The van der Waals surface area contributed by atoms with Crippen molar-refractivity contribution in [2.24, 2.45) is 59.2 Å². The molecule has 6 rings (SSSR count). The molecule has 0 aromatic carbocycles. The van der Waals surface area contributed by atoms with Crippen molar-refractivity contribution in [3.05, 3.63) is 36.5 Å². The fourth-order valence-corrected chi connectivity index (χ4v) is 8.07. The highest BCUT2D eigenvalue weighted by Gasteiger charge is 2.38. The number of allylic oxidation sites excluding steroid dienone is 6. The summed E-state index contributed by atoms with van der Waals surface area (Å²) in [6.45, 7) is 1.34. The van der Waals surface area contributed by atoms with E-state index in [0.29, 0.717) is 85.9 Å². The number of rotatable bonds is 13. The zero-order valence-corrected chi connectivity index (χ0v) is 22.4. The summed E-state index contributed by atoms with van der Waals surface area (Å²) in [4.78, 5) is 38.2. The normalized spacial score (nSPS) is 37.7. The van der Waals surface area contributed by atoms with Gasteiger partial charge in [-0.2, -0.15) is 0 Å². The Balaban J connectivity index is 0.956. The first kappa shape index (κ1) is 25.9. The van der Waals surface area contributed by atoms with Gasteiger partial charge in [-0.05, 0) is 105 Å². The first-order valence-corrected chi connectivity index (χ1v) is 15.0. The van der Waals surface area contributed by atoms with Crippen LogP contribution in [0.4, 0.5) is 0 Å². The number of fused-ring (bicyclic) bond motifs is 6. The molecule has 0 saturated heterocycles. The molecule has 3 saturated carbocycles. The van der Waals surface area contributed by atoms with E-state index in [9.17, 15) is 14.4 Å². The van der Waals surface area contributed by atoms with Gasteiger partial charge in [0, 0.05) is 12.8 Å². The Labute approximate surface area is 226 Å². The van der Waals surface area contributed by atoms with Crippen LogP contribution in [0.2, 0.25) is 0 Å². The predicted octanol–water partition coefficient (Wildman–Crippen LogP) is 5.43. The van der Waals surface area contributed by atoms with Crippen molar-refractivity contribution in [2.45, 2.75) is 64.2 Å². The Morgan fingerprint density at radius 2 is 0.947 bits per heavy atom. The molecule has 9 unspecified atom stereocenters. The van der Waals surface area contributed by atoms with E-state index in [2.05, 4.69) is 36.5 Å². The number of esters is 3. The van der Waals surface area contributed by atoms with E-state index in [4.69, 9.17) is 14.2 Å². The molecule has 0 N–H and O–H groups in total. The van der Waals surface area contributed by atoms with Gasteiger partial charge in [-0.3, -0.25) is 14.4 Å². The van der Waals surface area contributed by atoms with Crippen molar-refractivity contribution in [1.29, 1.82) is 0 Å². The molecule has 206 valence electrons. The van der Waals surface area contributed by atoms with Crippen LogP contribution in [0, 0.1) is 59.2 Å². The summed E-state index contributed by atoms with van der Waals surface area (Å²) < 4.78 is 17.0. The van der Waals surface area contributed by atoms with Crippen LogP contribution < -0.4 is 0 Å². The van der Waals surface area contributed by atoms with Crippen molar-refractivity contribution in [3.8, 4) is 0 Å². The van der Waals surface area contributed by atoms with Crippen LogP contribution in [0.5, 0.6) is 0 Å². The Morgan fingerprint density at radius 3 is 1.29 bits per heavy atom. The monoisotopic (exact) mass is 522 g/mol. The van der Waals surface area contributed by atoms with Crippen LogP contribution in [0.15, 0.2) is 36.5 Å². The van der Waals surface area contributed by atoms with Gasteiger partial charge in [0.25, 0.3) is 0 Å². The molecule has 0 heterocycles. The smallest absolute Gasteiger partial charge is 0.308 e. The lowest BCUT2D eigenvalue weighted by Gasteiger charge is -2.21. The van der Waals surface area contributed by atoms with Crippen molar-refractivity contribution in [2.75, 3.05) is 19.8 Å². The third kappa shape index (κ3) is 5.94. The molecule has 0 aromatic heterocycles. The third-order valence-corrected chi connectivity index (χ3v) is 10.3. The molecule has 9 atom stereocenters. The van der Waals surface area contributed by atoms with E-state index in [1.807, 2.05) is 0 Å². The number of hydrogen-bond acceptors (Lipinski definition) is 6. The second-order valence-corrected chi connectivity index (χ2v) is 12.9. The van der Waals surface area contributed by atoms with Crippen LogP contribution in [0.1, 0.15) is 64.2 Å². The summed E-state index contributed by atoms with van der Waals surface area (Å²) in [5.74, 6) is 3.41. The Hall–Kier alpha value is -2.37. The molecule has 6 heteroatoms. The minimum Gasteiger partial charge on any atom is -0.465 e. The van der Waals surface area contributed by atoms with Crippen molar-refractivity contribution in [1.82, 2.24) is 0 Å². The van der Waals surface area contributed by atoms with Crippen LogP contribution in [0.25, 0.3) is 0 Å². The van der Waals surface area contributed by atoms with Gasteiger partial charge in [0.05, 0.1) is 25.7 Å². The lowest BCUT2D eigenvalue weighted by molar-refractivity contribution is -0.152.